The molecule has 0 unspecified atom stereocenters. The molecule has 0 atom stereocenters. The predicted octanol–water partition coefficient (Wildman–Crippen LogP) is 5.62. The average Bonchev–Trinajstić information content (AvgIpc) is 3.09. The molecule has 2 aromatic carbocycles. The van der Waals surface area contributed by atoms with Crippen molar-refractivity contribution >= 4 is 57.6 Å². The molecular formula is C20H14Cl2N2O2S. The van der Waals surface area contributed by atoms with Crippen molar-refractivity contribution in [1.29, 1.82) is 0 Å². The van der Waals surface area contributed by atoms with E-state index in [0.717, 1.165) is 33.9 Å². The fraction of sp³-hybridized carbons (Fsp3) is 0.100. The van der Waals surface area contributed by atoms with Gasteiger partial charge in [0.2, 0.25) is 5.88 Å². The SMILES string of the molecule is CC1=Nc2ccccc2/C1=C\c1sc(=O)n(Cc2c(Cl)cccc2Cl)c1O. The standard InChI is InChI=1S/C20H14Cl2N2O2S/c1-11-13(12-5-2-3-8-17(12)23-11)9-18-19(25)24(20(26)27-18)10-14-15(21)6-4-7-16(14)22/h2-9,25H,10H2,1H3/b13-9-. The highest BCUT2D eigenvalue weighted by molar-refractivity contribution is 7.10. The summed E-state index contributed by atoms with van der Waals surface area (Å²) in [6.07, 6.45) is 1.80. The van der Waals surface area contributed by atoms with E-state index in [0.29, 0.717) is 20.5 Å². The summed E-state index contributed by atoms with van der Waals surface area (Å²) in [5, 5.41) is 11.6. The number of hydrogen-bond acceptors (Lipinski definition) is 4. The van der Waals surface area contributed by atoms with Crippen LogP contribution in [0.3, 0.4) is 0 Å². The second-order valence-corrected chi connectivity index (χ2v) is 7.92. The summed E-state index contributed by atoms with van der Waals surface area (Å²) in [6.45, 7) is 2.01. The quantitative estimate of drug-likeness (QED) is 0.602. The lowest BCUT2D eigenvalue weighted by Crippen LogP contribution is -2.13. The first-order chi connectivity index (χ1) is 13.0. The molecule has 0 fully saturated rings. The number of rotatable bonds is 3. The summed E-state index contributed by atoms with van der Waals surface area (Å²) >= 11 is 13.4. The predicted molar refractivity (Wildman–Crippen MR) is 113 cm³/mol. The lowest BCUT2D eigenvalue weighted by atomic mass is 10.0. The van der Waals surface area contributed by atoms with Crippen LogP contribution in [-0.2, 0) is 6.54 Å². The molecule has 1 aliphatic rings. The summed E-state index contributed by atoms with van der Waals surface area (Å²) < 4.78 is 1.28. The number of benzene rings is 2. The van der Waals surface area contributed by atoms with E-state index in [4.69, 9.17) is 23.2 Å². The number of thiazole rings is 1. The van der Waals surface area contributed by atoms with Crippen LogP contribution in [0.15, 0.2) is 52.3 Å². The van der Waals surface area contributed by atoms with Crippen LogP contribution < -0.4 is 4.87 Å². The van der Waals surface area contributed by atoms with Crippen LogP contribution in [0, 0.1) is 0 Å². The van der Waals surface area contributed by atoms with Crippen molar-refractivity contribution in [3.05, 3.63) is 78.2 Å². The second-order valence-electron chi connectivity index (χ2n) is 6.11. The maximum Gasteiger partial charge on any atom is 0.310 e. The van der Waals surface area contributed by atoms with Gasteiger partial charge in [0.1, 0.15) is 0 Å². The van der Waals surface area contributed by atoms with Crippen molar-refractivity contribution in [3.8, 4) is 5.88 Å². The van der Waals surface area contributed by atoms with Gasteiger partial charge >= 0.3 is 4.87 Å². The Morgan fingerprint density at radius 2 is 1.85 bits per heavy atom. The summed E-state index contributed by atoms with van der Waals surface area (Å²) in [5.74, 6) is -0.106. The van der Waals surface area contributed by atoms with Crippen LogP contribution in [0.1, 0.15) is 22.9 Å². The molecule has 2 heterocycles. The Morgan fingerprint density at radius 3 is 2.59 bits per heavy atom. The topological polar surface area (TPSA) is 54.6 Å². The minimum Gasteiger partial charge on any atom is -0.493 e. The molecule has 1 aromatic heterocycles. The molecule has 0 aliphatic carbocycles. The maximum absolute atomic E-state index is 12.5. The van der Waals surface area contributed by atoms with Crippen LogP contribution in [0.4, 0.5) is 5.69 Å². The highest BCUT2D eigenvalue weighted by Crippen LogP contribution is 2.37. The van der Waals surface area contributed by atoms with Gasteiger partial charge in [0, 0.05) is 32.5 Å². The van der Waals surface area contributed by atoms with Crippen molar-refractivity contribution in [2.24, 2.45) is 4.99 Å². The van der Waals surface area contributed by atoms with Gasteiger partial charge in [0.15, 0.2) is 0 Å². The molecule has 7 heteroatoms. The summed E-state index contributed by atoms with van der Waals surface area (Å²) in [4.78, 5) is 17.2. The molecule has 0 radical (unpaired) electrons. The molecule has 1 aliphatic heterocycles. The molecule has 4 rings (SSSR count). The third-order valence-corrected chi connectivity index (χ3v) is 6.04. The first kappa shape index (κ1) is 18.0. The Balaban J connectivity index is 1.77. The van der Waals surface area contributed by atoms with Gasteiger partial charge < -0.3 is 5.11 Å². The molecule has 27 heavy (non-hydrogen) atoms. The number of allylic oxidation sites excluding steroid dienone is 1. The smallest absolute Gasteiger partial charge is 0.310 e. The Bertz CT molecular complexity index is 1150. The zero-order valence-electron chi connectivity index (χ0n) is 14.2. The average molecular weight is 417 g/mol. The maximum atomic E-state index is 12.5. The van der Waals surface area contributed by atoms with Crippen LogP contribution in [0.25, 0.3) is 11.6 Å². The molecule has 136 valence electrons. The van der Waals surface area contributed by atoms with Crippen LogP contribution in [-0.4, -0.2) is 15.4 Å². The first-order valence-electron chi connectivity index (χ1n) is 8.18. The number of fused-ring (bicyclic) bond motifs is 1. The number of nitrogens with zero attached hydrogens (tertiary/aromatic N) is 2. The third-order valence-electron chi connectivity index (χ3n) is 4.42. The Labute approximate surface area is 169 Å². The van der Waals surface area contributed by atoms with Crippen molar-refractivity contribution in [1.82, 2.24) is 4.57 Å². The first-order valence-corrected chi connectivity index (χ1v) is 9.75. The number of aliphatic imine (C=N–C) groups is 1. The van der Waals surface area contributed by atoms with E-state index in [1.54, 1.807) is 24.3 Å². The van der Waals surface area contributed by atoms with Gasteiger partial charge in [0.05, 0.1) is 17.1 Å². The molecule has 0 bridgehead atoms. The number of aromatic hydroxyl groups is 1. The largest absolute Gasteiger partial charge is 0.493 e. The fourth-order valence-corrected chi connectivity index (χ4v) is 4.38. The van der Waals surface area contributed by atoms with Crippen molar-refractivity contribution in [3.63, 3.8) is 0 Å². The lowest BCUT2D eigenvalue weighted by molar-refractivity contribution is 0.420. The van der Waals surface area contributed by atoms with Gasteiger partial charge in [-0.1, -0.05) is 58.8 Å². The van der Waals surface area contributed by atoms with Crippen molar-refractivity contribution in [2.45, 2.75) is 13.5 Å². The van der Waals surface area contributed by atoms with Gasteiger partial charge in [0.25, 0.3) is 0 Å². The van der Waals surface area contributed by atoms with E-state index in [9.17, 15) is 9.90 Å². The zero-order chi connectivity index (χ0) is 19.1. The number of para-hydroxylation sites is 1. The van der Waals surface area contributed by atoms with Crippen molar-refractivity contribution < 1.29 is 5.11 Å². The monoisotopic (exact) mass is 416 g/mol. The second kappa shape index (κ2) is 7.00. The molecule has 3 aromatic rings. The van der Waals surface area contributed by atoms with Crippen LogP contribution in [0.2, 0.25) is 10.0 Å². The molecular weight excluding hydrogens is 403 g/mol. The van der Waals surface area contributed by atoms with Gasteiger partial charge in [-0.2, -0.15) is 0 Å². The van der Waals surface area contributed by atoms with Gasteiger partial charge in [-0.15, -0.1) is 0 Å². The molecule has 0 saturated heterocycles. The minimum absolute atomic E-state index is 0.104. The van der Waals surface area contributed by atoms with E-state index in [2.05, 4.69) is 4.99 Å². The van der Waals surface area contributed by atoms with Gasteiger partial charge in [-0.3, -0.25) is 14.4 Å². The zero-order valence-corrected chi connectivity index (χ0v) is 16.6. The molecule has 0 amide bonds. The molecule has 1 N–H and O–H groups in total. The Kier molecular flexibility index (Phi) is 4.68. The summed E-state index contributed by atoms with van der Waals surface area (Å²) in [6, 6.07) is 12.9. The van der Waals surface area contributed by atoms with Crippen LogP contribution in [0.5, 0.6) is 5.88 Å². The molecule has 0 spiro atoms. The highest BCUT2D eigenvalue weighted by atomic mass is 35.5. The van der Waals surface area contributed by atoms with E-state index in [1.165, 1.54) is 4.57 Å². The van der Waals surface area contributed by atoms with E-state index in [1.807, 2.05) is 31.2 Å². The van der Waals surface area contributed by atoms with E-state index < -0.39 is 0 Å². The number of aromatic nitrogens is 1. The van der Waals surface area contributed by atoms with Gasteiger partial charge in [-0.05, 0) is 31.2 Å². The van der Waals surface area contributed by atoms with E-state index >= 15 is 0 Å². The Morgan fingerprint density at radius 1 is 1.15 bits per heavy atom. The van der Waals surface area contributed by atoms with Crippen molar-refractivity contribution in [2.75, 3.05) is 0 Å². The molecule has 4 nitrogen and oxygen atoms in total. The highest BCUT2D eigenvalue weighted by Gasteiger charge is 2.20. The minimum atomic E-state index is -0.281. The summed E-state index contributed by atoms with van der Waals surface area (Å²) in [7, 11) is 0. The Hall–Kier alpha value is -2.34. The van der Waals surface area contributed by atoms with E-state index in [-0.39, 0.29) is 17.3 Å². The summed E-state index contributed by atoms with van der Waals surface area (Å²) in [5.41, 5.74) is 4.20. The molecule has 0 saturated carbocycles. The lowest BCUT2D eigenvalue weighted by Gasteiger charge is -2.08. The normalized spacial score (nSPS) is 14.5. The number of halogens is 2. The van der Waals surface area contributed by atoms with Gasteiger partial charge in [-0.25, -0.2) is 0 Å². The fourth-order valence-electron chi connectivity index (χ4n) is 3.04. The third kappa shape index (κ3) is 3.23. The number of hydrogen-bond donors (Lipinski definition) is 1. The van der Waals surface area contributed by atoms with Crippen LogP contribution >= 0.6 is 34.5 Å².